The molecule has 1 heterocycles. The number of rotatable bonds is 11. The van der Waals surface area contributed by atoms with Gasteiger partial charge < -0.3 is 15.0 Å². The molecule has 2 N–H and O–H groups in total. The minimum atomic E-state index is -0.189. The molecule has 264 valence electrons. The van der Waals surface area contributed by atoms with Crippen LogP contribution in [-0.2, 0) is 28.9 Å². The molecule has 0 spiro atoms. The zero-order valence-corrected chi connectivity index (χ0v) is 31.6. The standard InChI is InChI=1S/C42H64N4O2/c1-10-30-11-13-31(14-12-30)38-45-44-35(46(38)24-23-43)26-42-22-21-40(7)32(37(42)36(27(2)3)33(47)25-42)15-16-34-39(6,19-18-29(5)48-9)28(4)17-20-41(34,40)8/h11-14,27-29,32,34H,10,15-26,43H2,1-9H3. The molecular formula is C42H64N4O2. The molecule has 0 saturated heterocycles. The van der Waals surface area contributed by atoms with Crippen molar-refractivity contribution in [2.75, 3.05) is 13.7 Å². The van der Waals surface area contributed by atoms with Crippen LogP contribution in [0.5, 0.6) is 0 Å². The number of carbonyl (C=O) groups is 1. The second-order valence-corrected chi connectivity index (χ2v) is 17.5. The second-order valence-electron chi connectivity index (χ2n) is 17.5. The lowest BCUT2D eigenvalue weighted by Gasteiger charge is -2.69. The fourth-order valence-corrected chi connectivity index (χ4v) is 11.8. The topological polar surface area (TPSA) is 83.0 Å². The highest BCUT2D eigenvalue weighted by molar-refractivity contribution is 6.00. The number of carbonyl (C=O) groups excluding carboxylic acids is 1. The Morgan fingerprint density at radius 2 is 1.73 bits per heavy atom. The van der Waals surface area contributed by atoms with Gasteiger partial charge in [0.15, 0.2) is 11.6 Å². The Balaban J connectivity index is 1.39. The third-order valence-electron chi connectivity index (χ3n) is 15.1. The SMILES string of the molecule is CCc1ccc(-c2nnc(CC34CCC5(C)C(CCC6C(C)(CCC(C)OC)C(C)CCC65C)C3=C(C(C)C)C(=O)C4)n2CCN)cc1. The number of allylic oxidation sites excluding steroid dienone is 2. The first-order chi connectivity index (χ1) is 22.8. The van der Waals surface area contributed by atoms with Gasteiger partial charge in [-0.15, -0.1) is 10.2 Å². The molecule has 6 rings (SSSR count). The summed E-state index contributed by atoms with van der Waals surface area (Å²) in [6, 6.07) is 8.71. The normalized spacial score (nSPS) is 35.5. The molecule has 6 heteroatoms. The van der Waals surface area contributed by atoms with Gasteiger partial charge in [0.05, 0.1) is 6.10 Å². The van der Waals surface area contributed by atoms with Gasteiger partial charge in [-0.1, -0.05) is 78.3 Å². The van der Waals surface area contributed by atoms with Crippen molar-refractivity contribution in [1.82, 2.24) is 14.8 Å². The maximum Gasteiger partial charge on any atom is 0.164 e. The van der Waals surface area contributed by atoms with Crippen LogP contribution in [0.3, 0.4) is 0 Å². The lowest BCUT2D eigenvalue weighted by molar-refractivity contribution is -0.186. The van der Waals surface area contributed by atoms with Crippen molar-refractivity contribution in [3.63, 3.8) is 0 Å². The van der Waals surface area contributed by atoms with Gasteiger partial charge in [0, 0.05) is 44.0 Å². The Morgan fingerprint density at radius 1 is 1.00 bits per heavy atom. The van der Waals surface area contributed by atoms with Crippen LogP contribution < -0.4 is 5.73 Å². The van der Waals surface area contributed by atoms with Gasteiger partial charge in [0.2, 0.25) is 0 Å². The maximum absolute atomic E-state index is 14.2. The van der Waals surface area contributed by atoms with Gasteiger partial charge in [0.1, 0.15) is 5.82 Å². The molecule has 3 saturated carbocycles. The number of aromatic nitrogens is 3. The van der Waals surface area contributed by atoms with Gasteiger partial charge in [-0.05, 0) is 116 Å². The molecule has 6 nitrogen and oxygen atoms in total. The number of methoxy groups -OCH3 is 1. The highest BCUT2D eigenvalue weighted by atomic mass is 16.5. The lowest BCUT2D eigenvalue weighted by Crippen LogP contribution is -2.62. The fraction of sp³-hybridized carbons (Fsp3) is 0.738. The van der Waals surface area contributed by atoms with Gasteiger partial charge >= 0.3 is 0 Å². The first-order valence-electron chi connectivity index (χ1n) is 19.3. The molecule has 0 amide bonds. The summed E-state index contributed by atoms with van der Waals surface area (Å²) in [5.41, 5.74) is 11.8. The molecule has 1 aromatic heterocycles. The predicted molar refractivity (Wildman–Crippen MR) is 195 cm³/mol. The molecule has 48 heavy (non-hydrogen) atoms. The Bertz CT molecular complexity index is 1520. The number of benzene rings is 1. The molecule has 8 atom stereocenters. The van der Waals surface area contributed by atoms with Gasteiger partial charge in [-0.3, -0.25) is 4.79 Å². The Kier molecular flexibility index (Phi) is 9.69. The number of ketones is 1. The van der Waals surface area contributed by atoms with Crippen LogP contribution in [0.1, 0.15) is 125 Å². The summed E-state index contributed by atoms with van der Waals surface area (Å²) in [4.78, 5) is 14.2. The number of nitrogens with two attached hydrogens (primary N) is 1. The monoisotopic (exact) mass is 657 g/mol. The zero-order chi connectivity index (χ0) is 34.6. The van der Waals surface area contributed by atoms with Crippen molar-refractivity contribution in [3.8, 4) is 11.4 Å². The van der Waals surface area contributed by atoms with E-state index in [1.165, 1.54) is 49.7 Å². The van der Waals surface area contributed by atoms with E-state index < -0.39 is 0 Å². The Labute approximate surface area is 291 Å². The minimum Gasteiger partial charge on any atom is -0.382 e. The zero-order valence-electron chi connectivity index (χ0n) is 31.6. The van der Waals surface area contributed by atoms with Crippen molar-refractivity contribution in [2.24, 2.45) is 51.1 Å². The smallest absolute Gasteiger partial charge is 0.164 e. The number of ether oxygens (including phenoxy) is 1. The largest absolute Gasteiger partial charge is 0.382 e. The molecule has 0 radical (unpaired) electrons. The first kappa shape index (κ1) is 35.5. The van der Waals surface area contributed by atoms with E-state index in [1.54, 1.807) is 0 Å². The summed E-state index contributed by atoms with van der Waals surface area (Å²) < 4.78 is 8.00. The van der Waals surface area contributed by atoms with Crippen molar-refractivity contribution in [1.29, 1.82) is 0 Å². The van der Waals surface area contributed by atoms with Crippen LogP contribution in [0.4, 0.5) is 0 Å². The number of aryl methyl sites for hydroxylation is 1. The summed E-state index contributed by atoms with van der Waals surface area (Å²) >= 11 is 0. The second kappa shape index (κ2) is 13.1. The highest BCUT2D eigenvalue weighted by Gasteiger charge is 2.67. The number of nitrogens with zero attached hydrogens (tertiary/aromatic N) is 3. The van der Waals surface area contributed by atoms with E-state index in [0.717, 1.165) is 48.5 Å². The molecule has 4 aliphatic rings. The quantitative estimate of drug-likeness (QED) is 0.261. The average Bonchev–Trinajstić information content (AvgIpc) is 3.59. The number of fused-ring (bicyclic) bond motifs is 5. The summed E-state index contributed by atoms with van der Waals surface area (Å²) in [5.74, 6) is 4.30. The third-order valence-corrected chi connectivity index (χ3v) is 15.1. The molecule has 2 aromatic rings. The number of hydrogen-bond acceptors (Lipinski definition) is 5. The van der Waals surface area contributed by atoms with E-state index in [-0.39, 0.29) is 22.2 Å². The molecule has 8 unspecified atom stereocenters. The van der Waals surface area contributed by atoms with E-state index in [1.807, 2.05) is 7.11 Å². The van der Waals surface area contributed by atoms with Crippen LogP contribution in [0.25, 0.3) is 11.4 Å². The predicted octanol–water partition coefficient (Wildman–Crippen LogP) is 9.00. The number of Topliss-reactive ketones (excluding diaryl/α,β-unsaturated/α-hetero) is 1. The lowest BCUT2D eigenvalue weighted by atomic mass is 9.35. The van der Waals surface area contributed by atoms with Crippen LogP contribution in [0, 0.1) is 45.3 Å². The van der Waals surface area contributed by atoms with Gasteiger partial charge in [-0.25, -0.2) is 0 Å². The number of hydrogen-bond donors (Lipinski definition) is 1. The summed E-state index contributed by atoms with van der Waals surface area (Å²) in [5, 5.41) is 9.66. The molecule has 0 bridgehead atoms. The van der Waals surface area contributed by atoms with E-state index in [2.05, 4.69) is 84.2 Å². The molecule has 1 aromatic carbocycles. The van der Waals surface area contributed by atoms with Crippen molar-refractivity contribution >= 4 is 5.78 Å². The fourth-order valence-electron chi connectivity index (χ4n) is 11.8. The van der Waals surface area contributed by atoms with E-state index in [4.69, 9.17) is 20.7 Å². The van der Waals surface area contributed by atoms with Crippen molar-refractivity contribution in [3.05, 3.63) is 46.8 Å². The van der Waals surface area contributed by atoms with E-state index >= 15 is 0 Å². The summed E-state index contributed by atoms with van der Waals surface area (Å²) in [6.45, 7) is 20.6. The first-order valence-corrected chi connectivity index (χ1v) is 19.3. The Hall–Kier alpha value is -2.31. The molecule has 3 fully saturated rings. The average molecular weight is 657 g/mol. The molecule has 4 aliphatic carbocycles. The molecular weight excluding hydrogens is 592 g/mol. The van der Waals surface area contributed by atoms with Crippen molar-refractivity contribution in [2.45, 2.75) is 139 Å². The summed E-state index contributed by atoms with van der Waals surface area (Å²) in [6.07, 6.45) is 12.3. The van der Waals surface area contributed by atoms with Crippen LogP contribution >= 0.6 is 0 Å². The highest BCUT2D eigenvalue weighted by Crippen LogP contribution is 2.75. The molecule has 0 aliphatic heterocycles. The van der Waals surface area contributed by atoms with Crippen molar-refractivity contribution < 1.29 is 9.53 Å². The minimum absolute atomic E-state index is 0.158. The maximum atomic E-state index is 14.2. The van der Waals surface area contributed by atoms with E-state index in [9.17, 15) is 4.79 Å². The third kappa shape index (κ3) is 5.47. The van der Waals surface area contributed by atoms with Crippen LogP contribution in [0.2, 0.25) is 0 Å². The van der Waals surface area contributed by atoms with Gasteiger partial charge in [0.25, 0.3) is 0 Å². The Morgan fingerprint density at radius 3 is 2.38 bits per heavy atom. The van der Waals surface area contributed by atoms with Crippen LogP contribution in [0.15, 0.2) is 35.4 Å². The van der Waals surface area contributed by atoms with E-state index in [0.29, 0.717) is 54.6 Å². The summed E-state index contributed by atoms with van der Waals surface area (Å²) in [7, 11) is 1.86. The van der Waals surface area contributed by atoms with Crippen LogP contribution in [-0.4, -0.2) is 40.3 Å². The van der Waals surface area contributed by atoms with Gasteiger partial charge in [-0.2, -0.15) is 0 Å².